The molecule has 11 heteroatoms. The van der Waals surface area contributed by atoms with E-state index >= 15 is 0 Å². The van der Waals surface area contributed by atoms with Gasteiger partial charge in [0.2, 0.25) is 0 Å². The summed E-state index contributed by atoms with van der Waals surface area (Å²) in [7, 11) is 0. The molecule has 0 spiro atoms. The van der Waals surface area contributed by atoms with Crippen molar-refractivity contribution in [3.05, 3.63) is 52.2 Å². The Labute approximate surface area is 173 Å². The van der Waals surface area contributed by atoms with Gasteiger partial charge in [-0.2, -0.15) is 31.4 Å². The molecular weight excluding hydrogens is 426 g/mol. The topological polar surface area (TPSA) is 49.3 Å². The van der Waals surface area contributed by atoms with Crippen LogP contribution in [0.4, 0.5) is 32.2 Å². The van der Waals surface area contributed by atoms with Crippen LogP contribution in [0.2, 0.25) is 0 Å². The van der Waals surface area contributed by atoms with Gasteiger partial charge >= 0.3 is 12.4 Å². The highest BCUT2D eigenvalue weighted by atomic mass is 19.4. The van der Waals surface area contributed by atoms with E-state index in [9.17, 15) is 31.1 Å². The van der Waals surface area contributed by atoms with Crippen molar-refractivity contribution in [1.29, 1.82) is 0 Å². The molecule has 5 nitrogen and oxygen atoms in total. The molecule has 1 fully saturated rings. The van der Waals surface area contributed by atoms with Gasteiger partial charge in [0.15, 0.2) is 5.82 Å². The van der Waals surface area contributed by atoms with Gasteiger partial charge < -0.3 is 9.80 Å². The van der Waals surface area contributed by atoms with Gasteiger partial charge in [-0.15, -0.1) is 5.10 Å². The van der Waals surface area contributed by atoms with Gasteiger partial charge in [-0.25, -0.2) is 0 Å². The van der Waals surface area contributed by atoms with E-state index in [0.717, 1.165) is 30.5 Å². The van der Waals surface area contributed by atoms with Crippen LogP contribution in [-0.2, 0) is 25.2 Å². The van der Waals surface area contributed by atoms with Crippen molar-refractivity contribution >= 4 is 11.7 Å². The largest absolute Gasteiger partial charge is 0.416 e. The molecule has 1 aromatic carbocycles. The quantitative estimate of drug-likeness (QED) is 0.658. The first-order valence-corrected chi connectivity index (χ1v) is 9.71. The third-order valence-corrected chi connectivity index (χ3v) is 5.53. The average molecular weight is 444 g/mol. The van der Waals surface area contributed by atoms with Gasteiger partial charge in [0.25, 0.3) is 5.91 Å². The van der Waals surface area contributed by atoms with Crippen LogP contribution < -0.4 is 4.90 Å². The fourth-order valence-corrected chi connectivity index (χ4v) is 3.87. The Balaban J connectivity index is 1.51. The molecule has 0 atom stereocenters. The third-order valence-electron chi connectivity index (χ3n) is 5.53. The van der Waals surface area contributed by atoms with E-state index in [4.69, 9.17) is 0 Å². The summed E-state index contributed by atoms with van der Waals surface area (Å²) in [6, 6.07) is 2.91. The van der Waals surface area contributed by atoms with Crippen LogP contribution in [0.25, 0.3) is 0 Å². The lowest BCUT2D eigenvalue weighted by Gasteiger charge is -2.35. The van der Waals surface area contributed by atoms with E-state index in [-0.39, 0.29) is 19.2 Å². The number of piperazine rings is 1. The summed E-state index contributed by atoms with van der Waals surface area (Å²) in [5.41, 5.74) is -1.53. The standard InChI is InChI=1S/C20H18F6N4O/c21-19(22,23)14-8-13(9-15(11-14)20(24,25)26)18(31)30-6-4-29(5-7-30)17-10-12-2-1-3-16(12)27-28-17/h8-11H,1-7H2. The number of carbonyl (C=O) groups excluding carboxylic acids is 1. The van der Waals surface area contributed by atoms with Crippen molar-refractivity contribution in [2.75, 3.05) is 31.1 Å². The highest BCUT2D eigenvalue weighted by molar-refractivity contribution is 5.95. The molecule has 166 valence electrons. The molecule has 0 unspecified atom stereocenters. The minimum absolute atomic E-state index is 0.0151. The second-order valence-electron chi connectivity index (χ2n) is 7.60. The SMILES string of the molecule is O=C(c1cc(C(F)(F)F)cc(C(F)(F)F)c1)N1CCN(c2cc3c(nn2)CCC3)CC1. The van der Waals surface area contributed by atoms with Gasteiger partial charge in [0, 0.05) is 31.7 Å². The number of amides is 1. The Kier molecular flexibility index (Phi) is 5.30. The minimum Gasteiger partial charge on any atom is -0.352 e. The Hall–Kier alpha value is -2.85. The molecule has 1 aliphatic carbocycles. The number of hydrogen-bond donors (Lipinski definition) is 0. The number of hydrogen-bond acceptors (Lipinski definition) is 4. The van der Waals surface area contributed by atoms with Crippen molar-refractivity contribution in [3.8, 4) is 0 Å². The number of halogens is 6. The number of alkyl halides is 6. The predicted molar refractivity (Wildman–Crippen MR) is 98.6 cm³/mol. The summed E-state index contributed by atoms with van der Waals surface area (Å²) in [6.45, 7) is 0.999. The number of anilines is 1. The lowest BCUT2D eigenvalue weighted by Crippen LogP contribution is -2.49. The van der Waals surface area contributed by atoms with E-state index < -0.39 is 35.0 Å². The number of aromatic nitrogens is 2. The van der Waals surface area contributed by atoms with E-state index in [2.05, 4.69) is 10.2 Å². The molecule has 0 saturated carbocycles. The summed E-state index contributed by atoms with van der Waals surface area (Å²) in [5.74, 6) is -0.206. The molecule has 0 radical (unpaired) electrons. The van der Waals surface area contributed by atoms with Gasteiger partial charge in [-0.3, -0.25) is 4.79 Å². The summed E-state index contributed by atoms with van der Waals surface area (Å²) in [4.78, 5) is 15.9. The summed E-state index contributed by atoms with van der Waals surface area (Å²) in [6.07, 6.45) is -7.16. The molecule has 1 aromatic heterocycles. The van der Waals surface area contributed by atoms with Crippen molar-refractivity contribution in [1.82, 2.24) is 15.1 Å². The fourth-order valence-electron chi connectivity index (χ4n) is 3.87. The third kappa shape index (κ3) is 4.45. The van der Waals surface area contributed by atoms with Crippen LogP contribution in [0.1, 0.15) is 39.2 Å². The van der Waals surface area contributed by atoms with Gasteiger partial charge in [0.05, 0.1) is 16.8 Å². The van der Waals surface area contributed by atoms with Crippen molar-refractivity contribution in [3.63, 3.8) is 0 Å². The Morgan fingerprint density at radius 2 is 1.42 bits per heavy atom. The Bertz CT molecular complexity index is 964. The van der Waals surface area contributed by atoms with Crippen LogP contribution in [0.3, 0.4) is 0 Å². The second kappa shape index (κ2) is 7.69. The lowest BCUT2D eigenvalue weighted by molar-refractivity contribution is -0.143. The Morgan fingerprint density at radius 3 is 2.00 bits per heavy atom. The Morgan fingerprint density at radius 1 is 0.806 bits per heavy atom. The van der Waals surface area contributed by atoms with E-state index in [1.54, 1.807) is 0 Å². The monoisotopic (exact) mass is 444 g/mol. The van der Waals surface area contributed by atoms with Gasteiger partial charge in [0.1, 0.15) is 0 Å². The minimum atomic E-state index is -5.00. The molecule has 2 heterocycles. The summed E-state index contributed by atoms with van der Waals surface area (Å²) >= 11 is 0. The lowest BCUT2D eigenvalue weighted by atomic mass is 10.0. The molecular formula is C20H18F6N4O. The van der Waals surface area contributed by atoms with E-state index in [0.29, 0.717) is 31.0 Å². The first-order chi connectivity index (χ1) is 14.5. The zero-order chi connectivity index (χ0) is 22.4. The van der Waals surface area contributed by atoms with Crippen LogP contribution in [0, 0.1) is 0 Å². The smallest absolute Gasteiger partial charge is 0.352 e. The van der Waals surface area contributed by atoms with Crippen LogP contribution in [0.5, 0.6) is 0 Å². The maximum absolute atomic E-state index is 13.1. The number of benzene rings is 1. The van der Waals surface area contributed by atoms with Gasteiger partial charge in [-0.05, 0) is 49.1 Å². The highest BCUT2D eigenvalue weighted by Crippen LogP contribution is 2.36. The maximum atomic E-state index is 13.1. The summed E-state index contributed by atoms with van der Waals surface area (Å²) in [5, 5.41) is 8.42. The van der Waals surface area contributed by atoms with E-state index in [1.807, 2.05) is 11.0 Å². The number of fused-ring (bicyclic) bond motifs is 1. The molecule has 2 aromatic rings. The van der Waals surface area contributed by atoms with Crippen molar-refractivity contribution in [2.24, 2.45) is 0 Å². The fraction of sp³-hybridized carbons (Fsp3) is 0.450. The van der Waals surface area contributed by atoms with E-state index in [1.165, 1.54) is 4.90 Å². The van der Waals surface area contributed by atoms with Crippen molar-refractivity contribution < 1.29 is 31.1 Å². The van der Waals surface area contributed by atoms with Crippen LogP contribution >= 0.6 is 0 Å². The first kappa shape index (κ1) is 21.4. The first-order valence-electron chi connectivity index (χ1n) is 9.71. The maximum Gasteiger partial charge on any atom is 0.416 e. The molecule has 1 saturated heterocycles. The molecule has 0 N–H and O–H groups in total. The number of rotatable bonds is 2. The number of nitrogens with zero attached hydrogens (tertiary/aromatic N) is 4. The summed E-state index contributed by atoms with van der Waals surface area (Å²) < 4.78 is 78.4. The number of aryl methyl sites for hydroxylation is 2. The normalized spacial score (nSPS) is 17.1. The van der Waals surface area contributed by atoms with Crippen LogP contribution in [-0.4, -0.2) is 47.2 Å². The van der Waals surface area contributed by atoms with Crippen LogP contribution in [0.15, 0.2) is 24.3 Å². The predicted octanol–water partition coefficient (Wildman–Crippen LogP) is 3.97. The molecule has 4 rings (SSSR count). The molecule has 1 aliphatic heterocycles. The highest BCUT2D eigenvalue weighted by Gasteiger charge is 2.38. The zero-order valence-electron chi connectivity index (χ0n) is 16.2. The number of carbonyl (C=O) groups is 1. The molecule has 1 amide bonds. The molecule has 31 heavy (non-hydrogen) atoms. The van der Waals surface area contributed by atoms with Gasteiger partial charge in [-0.1, -0.05) is 0 Å². The zero-order valence-corrected chi connectivity index (χ0v) is 16.2. The average Bonchev–Trinajstić information content (AvgIpc) is 3.19. The second-order valence-corrected chi connectivity index (χ2v) is 7.60. The molecule has 2 aliphatic rings. The molecule has 0 bridgehead atoms. The van der Waals surface area contributed by atoms with Crippen molar-refractivity contribution in [2.45, 2.75) is 31.6 Å².